The smallest absolute Gasteiger partial charge is 0.302 e. The van der Waals surface area contributed by atoms with E-state index in [1.165, 1.54) is 6.92 Å². The first-order valence-corrected chi connectivity index (χ1v) is 19.8. The second-order valence-electron chi connectivity index (χ2n) is 16.3. The van der Waals surface area contributed by atoms with E-state index in [1.807, 2.05) is 18.2 Å². The van der Waals surface area contributed by atoms with Crippen LogP contribution in [0, 0.1) is 23.7 Å². The lowest BCUT2D eigenvalue weighted by molar-refractivity contribution is -0.141. The third-order valence-corrected chi connectivity index (χ3v) is 12.0. The van der Waals surface area contributed by atoms with Crippen LogP contribution in [0.5, 0.6) is 28.7 Å². The number of ether oxygens (including phenoxy) is 4. The number of carbonyl (C=O) groups excluding carboxylic acids is 1. The van der Waals surface area contributed by atoms with Gasteiger partial charge in [-0.05, 0) is 109 Å². The lowest BCUT2D eigenvalue weighted by atomic mass is 9.65. The number of pyridine rings is 1. The average molecular weight is 758 g/mol. The number of esters is 1. The molecule has 4 aliphatic rings. The van der Waals surface area contributed by atoms with Crippen LogP contribution in [0.4, 0.5) is 5.82 Å². The van der Waals surface area contributed by atoms with Crippen LogP contribution in [0.2, 0.25) is 0 Å². The van der Waals surface area contributed by atoms with Gasteiger partial charge >= 0.3 is 5.97 Å². The zero-order valence-corrected chi connectivity index (χ0v) is 32.7. The average Bonchev–Trinajstić information content (AvgIpc) is 3.73. The molecule has 0 radical (unpaired) electrons. The molecule has 292 valence electrons. The lowest BCUT2D eigenvalue weighted by Crippen LogP contribution is -2.31. The van der Waals surface area contributed by atoms with Gasteiger partial charge in [-0.3, -0.25) is 4.79 Å². The SMILES string of the molecule is COc1cc(O)cc2c1-c1ccc3c4c1[C@@]1(CC[C@H](Cc5ccc(N)nc5C#CCc5cc(O)c(OCCNCCC(C)C)cc5[C@@H](O4)[C@H]3COC(C)=O)C1)C2. The van der Waals surface area contributed by atoms with Crippen molar-refractivity contribution in [2.45, 2.75) is 83.2 Å². The molecule has 2 aliphatic carbocycles. The van der Waals surface area contributed by atoms with Crippen LogP contribution in [0.3, 0.4) is 0 Å². The van der Waals surface area contributed by atoms with Crippen LogP contribution >= 0.6 is 0 Å². The quantitative estimate of drug-likeness (QED) is 0.0740. The van der Waals surface area contributed by atoms with Crippen LogP contribution in [0.15, 0.2) is 48.5 Å². The van der Waals surface area contributed by atoms with Crippen molar-refractivity contribution in [3.8, 4) is 51.7 Å². The number of nitrogens with zero attached hydrogens (tertiary/aromatic N) is 1. The van der Waals surface area contributed by atoms with Gasteiger partial charge in [0.2, 0.25) is 0 Å². The van der Waals surface area contributed by atoms with E-state index in [4.69, 9.17) is 24.7 Å². The molecular formula is C46H51N3O7. The second-order valence-corrected chi connectivity index (χ2v) is 16.3. The summed E-state index contributed by atoms with van der Waals surface area (Å²) in [7, 11) is 1.63. The summed E-state index contributed by atoms with van der Waals surface area (Å²) < 4.78 is 25.2. The van der Waals surface area contributed by atoms with Crippen LogP contribution in [0.1, 0.15) is 97.6 Å². The zero-order chi connectivity index (χ0) is 39.1. The van der Waals surface area contributed by atoms with Crippen molar-refractivity contribution in [1.29, 1.82) is 0 Å². The van der Waals surface area contributed by atoms with E-state index in [-0.39, 0.29) is 35.4 Å². The number of nitrogen functional groups attached to an aromatic ring is 1. The minimum Gasteiger partial charge on any atom is -0.508 e. The molecule has 2 aliphatic heterocycles. The molecule has 4 atom stereocenters. The standard InChI is InChI=1S/C46H51N3O7/c1-26(2)13-15-48-16-17-54-39-22-35-29(20-38(39)52)6-5-7-37-30(8-11-41(47)49-37)18-28-12-14-46(23-28)24-31-19-32(51)21-40(53-4)42(31)34-10-9-33-36(25-55-27(3)50)44(35)56-45(33)43(34)46/h8-11,19-22,26,28,36,44,48,51-52H,6,12-18,23-25H2,1-4H3,(H2,47,49)/t28-,36+,44-,46-/m1/s1. The van der Waals surface area contributed by atoms with Crippen molar-refractivity contribution in [3.63, 3.8) is 0 Å². The maximum atomic E-state index is 12.4. The molecule has 10 heteroatoms. The number of fused-ring (bicyclic) bond motifs is 7. The number of aromatic hydroxyl groups is 2. The minimum atomic E-state index is -0.580. The number of phenolic OH excluding ortho intramolecular Hbond substituents is 2. The fourth-order valence-corrected chi connectivity index (χ4v) is 9.52. The van der Waals surface area contributed by atoms with Crippen molar-refractivity contribution in [2.75, 3.05) is 39.1 Å². The Morgan fingerprint density at radius 2 is 1.93 bits per heavy atom. The van der Waals surface area contributed by atoms with Gasteiger partial charge in [-0.25, -0.2) is 4.98 Å². The number of rotatable bonds is 10. The van der Waals surface area contributed by atoms with Gasteiger partial charge in [0.05, 0.1) is 13.0 Å². The summed E-state index contributed by atoms with van der Waals surface area (Å²) >= 11 is 0. The van der Waals surface area contributed by atoms with Crippen LogP contribution in [-0.4, -0.2) is 54.6 Å². The van der Waals surface area contributed by atoms with Crippen molar-refractivity contribution >= 4 is 11.8 Å². The maximum absolute atomic E-state index is 12.4. The van der Waals surface area contributed by atoms with E-state index in [0.29, 0.717) is 60.8 Å². The molecule has 8 rings (SSSR count). The number of methoxy groups -OCH3 is 1. The monoisotopic (exact) mass is 757 g/mol. The van der Waals surface area contributed by atoms with Gasteiger partial charge in [-0.15, -0.1) is 0 Å². The van der Waals surface area contributed by atoms with E-state index in [0.717, 1.165) is 88.9 Å². The number of nitrogens with two attached hydrogens (primary N) is 1. The Morgan fingerprint density at radius 3 is 2.73 bits per heavy atom. The van der Waals surface area contributed by atoms with Crippen LogP contribution in [-0.2, 0) is 34.2 Å². The molecule has 3 aromatic carbocycles. The molecule has 0 amide bonds. The van der Waals surface area contributed by atoms with Gasteiger partial charge in [0.1, 0.15) is 48.1 Å². The summed E-state index contributed by atoms with van der Waals surface area (Å²) in [6, 6.07) is 15.3. The first-order valence-electron chi connectivity index (χ1n) is 19.8. The van der Waals surface area contributed by atoms with E-state index in [2.05, 4.69) is 54.2 Å². The molecule has 1 saturated carbocycles. The predicted molar refractivity (Wildman–Crippen MR) is 214 cm³/mol. The van der Waals surface area contributed by atoms with Crippen molar-refractivity contribution in [1.82, 2.24) is 10.3 Å². The second kappa shape index (κ2) is 15.3. The molecule has 1 spiro atoms. The van der Waals surface area contributed by atoms with E-state index in [1.54, 1.807) is 19.2 Å². The highest BCUT2D eigenvalue weighted by molar-refractivity contribution is 5.84. The molecule has 4 aromatic rings. The molecule has 4 bridgehead atoms. The van der Waals surface area contributed by atoms with Crippen LogP contribution in [0.25, 0.3) is 11.1 Å². The summed E-state index contributed by atoms with van der Waals surface area (Å²) in [5.74, 6) is 9.25. The van der Waals surface area contributed by atoms with E-state index < -0.39 is 6.10 Å². The summed E-state index contributed by atoms with van der Waals surface area (Å²) in [6.45, 7) is 7.80. The number of hydrogen-bond acceptors (Lipinski definition) is 10. The highest BCUT2D eigenvalue weighted by Gasteiger charge is 2.51. The fraction of sp³-hybridized carbons (Fsp3) is 0.435. The number of anilines is 1. The first kappa shape index (κ1) is 37.5. The van der Waals surface area contributed by atoms with Crippen molar-refractivity contribution < 1.29 is 34.0 Å². The van der Waals surface area contributed by atoms with Gasteiger partial charge in [-0.1, -0.05) is 38.0 Å². The molecular weight excluding hydrogens is 707 g/mol. The van der Waals surface area contributed by atoms with E-state index >= 15 is 0 Å². The Hall–Kier alpha value is -5.40. The molecule has 56 heavy (non-hydrogen) atoms. The Bertz CT molecular complexity index is 2240. The minimum absolute atomic E-state index is 0.0149. The summed E-state index contributed by atoms with van der Waals surface area (Å²) in [6.07, 6.45) is 5.07. The van der Waals surface area contributed by atoms with Gasteiger partial charge < -0.3 is 40.2 Å². The molecule has 0 saturated heterocycles. The van der Waals surface area contributed by atoms with Crippen LogP contribution < -0.4 is 25.3 Å². The molecule has 3 heterocycles. The first-order chi connectivity index (χ1) is 27.0. The highest BCUT2D eigenvalue weighted by Crippen LogP contribution is 2.62. The number of hydrogen-bond donors (Lipinski definition) is 4. The molecule has 0 unspecified atom stereocenters. The van der Waals surface area contributed by atoms with E-state index in [9.17, 15) is 15.0 Å². The van der Waals surface area contributed by atoms with Gasteiger partial charge in [-0.2, -0.15) is 0 Å². The Kier molecular flexibility index (Phi) is 10.2. The number of carbonyl (C=O) groups is 1. The molecule has 10 nitrogen and oxygen atoms in total. The molecule has 1 aromatic heterocycles. The van der Waals surface area contributed by atoms with Crippen molar-refractivity contribution in [2.24, 2.45) is 11.8 Å². The van der Waals surface area contributed by atoms with Gasteiger partial charge in [0.25, 0.3) is 0 Å². The molecule has 5 N–H and O–H groups in total. The third kappa shape index (κ3) is 7.09. The summed E-state index contributed by atoms with van der Waals surface area (Å²) in [5.41, 5.74) is 14.3. The third-order valence-electron chi connectivity index (χ3n) is 12.0. The number of benzene rings is 3. The normalized spacial score (nSPS) is 21.3. The Balaban J connectivity index is 1.30. The van der Waals surface area contributed by atoms with Gasteiger partial charge in [0, 0.05) is 53.6 Å². The number of aromatic nitrogens is 1. The topological polar surface area (TPSA) is 145 Å². The summed E-state index contributed by atoms with van der Waals surface area (Å²) in [4.78, 5) is 17.1. The number of phenols is 2. The zero-order valence-electron chi connectivity index (χ0n) is 32.7. The van der Waals surface area contributed by atoms with Crippen molar-refractivity contribution in [3.05, 3.63) is 87.6 Å². The summed E-state index contributed by atoms with van der Waals surface area (Å²) in [5, 5.41) is 25.6. The Morgan fingerprint density at radius 1 is 1.07 bits per heavy atom. The highest BCUT2D eigenvalue weighted by atomic mass is 16.5. The maximum Gasteiger partial charge on any atom is 0.302 e. The fourth-order valence-electron chi connectivity index (χ4n) is 9.52. The lowest BCUT2D eigenvalue weighted by Gasteiger charge is -2.39. The molecule has 1 fully saturated rings. The van der Waals surface area contributed by atoms with Gasteiger partial charge in [0.15, 0.2) is 11.5 Å². The number of nitrogens with one attached hydrogen (secondary N) is 1. The largest absolute Gasteiger partial charge is 0.508 e. The Labute approximate surface area is 328 Å². The predicted octanol–water partition coefficient (Wildman–Crippen LogP) is 7.29.